The first-order valence-corrected chi connectivity index (χ1v) is 6.17. The molecule has 1 aromatic heterocycles. The van der Waals surface area contributed by atoms with Crippen LogP contribution >= 0.6 is 11.6 Å². The van der Waals surface area contributed by atoms with Crippen molar-refractivity contribution in [2.75, 3.05) is 0 Å². The molecule has 1 saturated carbocycles. The second-order valence-electron chi connectivity index (χ2n) is 4.28. The standard InChI is InChI=1S/C13H15ClN2O/c1-3-10(4-2)15-13(17)12-7-9(14)8-16(12)11-5-6-11/h1,7-8,10-11H,4-6H2,2H3,(H,15,17). The van der Waals surface area contributed by atoms with Gasteiger partial charge < -0.3 is 9.88 Å². The minimum Gasteiger partial charge on any atom is -0.339 e. The molecule has 17 heavy (non-hydrogen) atoms. The summed E-state index contributed by atoms with van der Waals surface area (Å²) in [6, 6.07) is 1.90. The first kappa shape index (κ1) is 12.1. The highest BCUT2D eigenvalue weighted by Crippen LogP contribution is 2.37. The number of nitrogens with zero attached hydrogens (tertiary/aromatic N) is 1. The van der Waals surface area contributed by atoms with Crippen molar-refractivity contribution in [2.24, 2.45) is 0 Å². The summed E-state index contributed by atoms with van der Waals surface area (Å²) in [6.07, 6.45) is 10.1. The third-order valence-corrected chi connectivity index (χ3v) is 3.11. The zero-order chi connectivity index (χ0) is 12.4. The van der Waals surface area contributed by atoms with Gasteiger partial charge in [-0.3, -0.25) is 4.79 Å². The van der Waals surface area contributed by atoms with E-state index in [-0.39, 0.29) is 11.9 Å². The molecule has 1 aliphatic rings. The van der Waals surface area contributed by atoms with Crippen LogP contribution in [0.5, 0.6) is 0 Å². The number of amides is 1. The Morgan fingerprint density at radius 1 is 1.76 bits per heavy atom. The normalized spacial score (nSPS) is 16.3. The van der Waals surface area contributed by atoms with Crippen LogP contribution in [0.3, 0.4) is 0 Å². The molecule has 0 aliphatic heterocycles. The van der Waals surface area contributed by atoms with Gasteiger partial charge in [0, 0.05) is 12.2 Å². The lowest BCUT2D eigenvalue weighted by atomic mass is 10.2. The van der Waals surface area contributed by atoms with E-state index in [1.165, 1.54) is 0 Å². The van der Waals surface area contributed by atoms with Gasteiger partial charge in [-0.25, -0.2) is 0 Å². The zero-order valence-electron chi connectivity index (χ0n) is 9.74. The Hall–Kier alpha value is -1.40. The third kappa shape index (κ3) is 2.65. The van der Waals surface area contributed by atoms with E-state index in [1.54, 1.807) is 6.07 Å². The Kier molecular flexibility index (Phi) is 3.44. The number of aromatic nitrogens is 1. The molecule has 0 bridgehead atoms. The van der Waals surface area contributed by atoms with Gasteiger partial charge in [0.2, 0.25) is 0 Å². The van der Waals surface area contributed by atoms with Crippen LogP contribution < -0.4 is 5.32 Å². The average molecular weight is 251 g/mol. The van der Waals surface area contributed by atoms with Gasteiger partial charge in [0.05, 0.1) is 11.1 Å². The summed E-state index contributed by atoms with van der Waals surface area (Å²) >= 11 is 5.94. The molecule has 0 spiro atoms. The van der Waals surface area contributed by atoms with Crippen LogP contribution in [0.15, 0.2) is 12.3 Å². The predicted octanol–water partition coefficient (Wildman–Crippen LogP) is 2.62. The van der Waals surface area contributed by atoms with E-state index in [9.17, 15) is 4.79 Å². The molecule has 1 heterocycles. The number of hydrogen-bond acceptors (Lipinski definition) is 1. The molecule has 1 aromatic rings. The molecule has 4 heteroatoms. The molecule has 2 rings (SSSR count). The minimum atomic E-state index is -0.219. The first-order chi connectivity index (χ1) is 8.15. The number of nitrogens with one attached hydrogen (secondary N) is 1. The summed E-state index contributed by atoms with van der Waals surface area (Å²) in [6.45, 7) is 1.94. The van der Waals surface area contributed by atoms with Gasteiger partial charge in [0.25, 0.3) is 5.91 Å². The van der Waals surface area contributed by atoms with Crippen molar-refractivity contribution < 1.29 is 4.79 Å². The summed E-state index contributed by atoms with van der Waals surface area (Å²) < 4.78 is 1.95. The van der Waals surface area contributed by atoms with Crippen LogP contribution in [-0.2, 0) is 0 Å². The quantitative estimate of drug-likeness (QED) is 0.819. The number of carbonyl (C=O) groups is 1. The van der Waals surface area contributed by atoms with Crippen LogP contribution in [0.2, 0.25) is 5.02 Å². The maximum absolute atomic E-state index is 12.1. The van der Waals surface area contributed by atoms with E-state index in [0.717, 1.165) is 19.3 Å². The molecule has 1 amide bonds. The fraction of sp³-hybridized carbons (Fsp3) is 0.462. The molecule has 1 unspecified atom stereocenters. The van der Waals surface area contributed by atoms with Crippen molar-refractivity contribution in [3.63, 3.8) is 0 Å². The Balaban J connectivity index is 2.16. The highest BCUT2D eigenvalue weighted by molar-refractivity contribution is 6.31. The van der Waals surface area contributed by atoms with E-state index >= 15 is 0 Å². The number of rotatable bonds is 4. The van der Waals surface area contributed by atoms with E-state index in [2.05, 4.69) is 11.2 Å². The summed E-state index contributed by atoms with van der Waals surface area (Å²) in [7, 11) is 0. The fourth-order valence-electron chi connectivity index (χ4n) is 1.78. The van der Waals surface area contributed by atoms with Crippen LogP contribution in [-0.4, -0.2) is 16.5 Å². The second-order valence-corrected chi connectivity index (χ2v) is 4.72. The van der Waals surface area contributed by atoms with Crippen LogP contribution in [0.25, 0.3) is 0 Å². The van der Waals surface area contributed by atoms with Crippen molar-refractivity contribution in [2.45, 2.75) is 38.3 Å². The Bertz CT molecular complexity index is 468. The zero-order valence-corrected chi connectivity index (χ0v) is 10.5. The second kappa shape index (κ2) is 4.85. The topological polar surface area (TPSA) is 34.0 Å². The molecule has 3 nitrogen and oxygen atoms in total. The molecule has 0 aromatic carbocycles. The fourth-order valence-corrected chi connectivity index (χ4v) is 1.98. The van der Waals surface area contributed by atoms with Gasteiger partial charge in [-0.2, -0.15) is 0 Å². The maximum atomic E-state index is 12.1. The third-order valence-electron chi connectivity index (χ3n) is 2.90. The largest absolute Gasteiger partial charge is 0.339 e. The van der Waals surface area contributed by atoms with Crippen LogP contribution in [0.1, 0.15) is 42.7 Å². The number of halogens is 1. The van der Waals surface area contributed by atoms with Gasteiger partial charge in [-0.15, -0.1) is 6.42 Å². The van der Waals surface area contributed by atoms with Crippen molar-refractivity contribution >= 4 is 17.5 Å². The number of terminal acetylenes is 1. The van der Waals surface area contributed by atoms with Crippen molar-refractivity contribution in [3.05, 3.63) is 23.0 Å². The van der Waals surface area contributed by atoms with Gasteiger partial charge in [-0.05, 0) is 25.3 Å². The molecule has 1 aliphatic carbocycles. The van der Waals surface area contributed by atoms with E-state index in [4.69, 9.17) is 18.0 Å². The molecule has 1 atom stereocenters. The Morgan fingerprint density at radius 3 is 3.00 bits per heavy atom. The number of hydrogen-bond donors (Lipinski definition) is 1. The Labute approximate surface area is 106 Å². The molecule has 1 fully saturated rings. The van der Waals surface area contributed by atoms with Crippen LogP contribution in [0, 0.1) is 12.3 Å². The monoisotopic (exact) mass is 250 g/mol. The minimum absolute atomic E-state index is 0.145. The van der Waals surface area contributed by atoms with Crippen molar-refractivity contribution in [3.8, 4) is 12.3 Å². The maximum Gasteiger partial charge on any atom is 0.268 e. The predicted molar refractivity (Wildman–Crippen MR) is 68.1 cm³/mol. The summed E-state index contributed by atoms with van der Waals surface area (Å²) in [4.78, 5) is 12.1. The lowest BCUT2D eigenvalue weighted by Gasteiger charge is -2.12. The van der Waals surface area contributed by atoms with Crippen molar-refractivity contribution in [1.29, 1.82) is 0 Å². The van der Waals surface area contributed by atoms with Crippen LogP contribution in [0.4, 0.5) is 0 Å². The van der Waals surface area contributed by atoms with Gasteiger partial charge in [-0.1, -0.05) is 24.4 Å². The Morgan fingerprint density at radius 2 is 2.47 bits per heavy atom. The average Bonchev–Trinajstić information content (AvgIpc) is 3.09. The summed E-state index contributed by atoms with van der Waals surface area (Å²) in [5.41, 5.74) is 0.603. The highest BCUT2D eigenvalue weighted by Gasteiger charge is 2.28. The SMILES string of the molecule is C#CC(CC)NC(=O)c1cc(Cl)cn1C1CC1. The molecule has 0 saturated heterocycles. The molecular formula is C13H15ClN2O. The van der Waals surface area contributed by atoms with Gasteiger partial charge in [0.15, 0.2) is 0 Å². The molecule has 1 N–H and O–H groups in total. The summed E-state index contributed by atoms with van der Waals surface area (Å²) in [5, 5.41) is 3.41. The van der Waals surface area contributed by atoms with Gasteiger partial charge >= 0.3 is 0 Å². The lowest BCUT2D eigenvalue weighted by Crippen LogP contribution is -2.34. The molecular weight excluding hydrogens is 236 g/mol. The summed E-state index contributed by atoms with van der Waals surface area (Å²) in [5.74, 6) is 2.40. The van der Waals surface area contributed by atoms with E-state index < -0.39 is 0 Å². The van der Waals surface area contributed by atoms with Gasteiger partial charge in [0.1, 0.15) is 5.69 Å². The van der Waals surface area contributed by atoms with E-state index in [1.807, 2.05) is 17.7 Å². The molecule has 0 radical (unpaired) electrons. The number of carbonyl (C=O) groups excluding carboxylic acids is 1. The lowest BCUT2D eigenvalue weighted by molar-refractivity contribution is 0.0935. The highest BCUT2D eigenvalue weighted by atomic mass is 35.5. The van der Waals surface area contributed by atoms with Crippen molar-refractivity contribution in [1.82, 2.24) is 9.88 Å². The first-order valence-electron chi connectivity index (χ1n) is 5.80. The van der Waals surface area contributed by atoms with E-state index in [0.29, 0.717) is 16.8 Å². The smallest absolute Gasteiger partial charge is 0.268 e. The molecule has 90 valence electrons.